The quantitative estimate of drug-likeness (QED) is 0.557. The molecule has 4 rings (SSSR count). The Morgan fingerprint density at radius 2 is 1.21 bits per heavy atom. The van der Waals surface area contributed by atoms with Gasteiger partial charge in [-0.3, -0.25) is 14.4 Å². The van der Waals surface area contributed by atoms with Gasteiger partial charge in [-0.15, -0.1) is 0 Å². The summed E-state index contributed by atoms with van der Waals surface area (Å²) in [4.78, 5) is 39.0. The van der Waals surface area contributed by atoms with Crippen LogP contribution >= 0.6 is 0 Å². The minimum atomic E-state index is -0.433. The monoisotopic (exact) mass is 524 g/mol. The third kappa shape index (κ3) is 6.92. The number of amides is 2. The van der Waals surface area contributed by atoms with E-state index >= 15 is 0 Å². The molecule has 206 valence electrons. The Hall–Kier alpha value is -3.39. The van der Waals surface area contributed by atoms with E-state index in [0.29, 0.717) is 25.9 Å². The van der Waals surface area contributed by atoms with Crippen LogP contribution < -0.4 is 9.47 Å². The first-order chi connectivity index (χ1) is 18.0. The first kappa shape index (κ1) is 29.2. The number of carbonyl (C=O) groups excluding carboxylic acids is 3. The molecular weight excluding hydrogens is 484 g/mol. The summed E-state index contributed by atoms with van der Waals surface area (Å²) in [6.07, 6.45) is 0.352. The summed E-state index contributed by atoms with van der Waals surface area (Å²) in [6.45, 7) is 8.47. The Morgan fingerprint density at radius 3 is 1.55 bits per heavy atom. The van der Waals surface area contributed by atoms with Gasteiger partial charge in [0.05, 0.1) is 32.4 Å². The number of ether oxygens (including phenoxy) is 2. The van der Waals surface area contributed by atoms with E-state index in [2.05, 4.69) is 0 Å². The lowest BCUT2D eigenvalue weighted by Gasteiger charge is -2.25. The van der Waals surface area contributed by atoms with E-state index in [0.717, 1.165) is 22.6 Å². The van der Waals surface area contributed by atoms with Crippen molar-refractivity contribution in [2.24, 2.45) is 11.8 Å². The molecule has 5 atom stereocenters. The van der Waals surface area contributed by atoms with E-state index in [-0.39, 0.29) is 41.5 Å². The van der Waals surface area contributed by atoms with Crippen molar-refractivity contribution in [3.63, 3.8) is 0 Å². The first-order valence-electron chi connectivity index (χ1n) is 13.1. The largest absolute Gasteiger partial charge is 0.497 e. The van der Waals surface area contributed by atoms with Gasteiger partial charge in [-0.1, -0.05) is 24.3 Å². The topological polar surface area (TPSA) is 96.4 Å². The van der Waals surface area contributed by atoms with Crippen LogP contribution in [0.15, 0.2) is 48.5 Å². The van der Waals surface area contributed by atoms with Crippen LogP contribution in [0.25, 0.3) is 0 Å². The molecular formula is C30H40N2O6. The van der Waals surface area contributed by atoms with Crippen LogP contribution in [-0.4, -0.2) is 65.9 Å². The number of rotatable bonds is 8. The summed E-state index contributed by atoms with van der Waals surface area (Å²) in [5, 5.41) is 9.61. The smallest absolute Gasteiger partial charge is 0.223 e. The second-order valence-corrected chi connectivity index (χ2v) is 10.2. The maximum atomic E-state index is 12.0. The first-order valence-corrected chi connectivity index (χ1v) is 13.1. The summed E-state index contributed by atoms with van der Waals surface area (Å²) in [6, 6.07) is 15.5. The second kappa shape index (κ2) is 12.9. The number of nitrogens with zero attached hydrogens (tertiary/aromatic N) is 2. The zero-order valence-electron chi connectivity index (χ0n) is 23.2. The van der Waals surface area contributed by atoms with E-state index in [1.54, 1.807) is 33.0 Å². The lowest BCUT2D eigenvalue weighted by Crippen LogP contribution is -2.29. The number of aliphatic hydroxyl groups is 1. The predicted octanol–water partition coefficient (Wildman–Crippen LogP) is 4.18. The van der Waals surface area contributed by atoms with Crippen molar-refractivity contribution in [2.75, 3.05) is 27.3 Å². The molecule has 2 saturated heterocycles. The van der Waals surface area contributed by atoms with Crippen LogP contribution in [0.5, 0.6) is 11.5 Å². The standard InChI is InChI=1S/C15H21NO3.C15H19NO3/c2*1-10(12-4-6-14(19-3)7-5-12)16-9-13(11(2)17)8-15(16)18/h4-7,10-11,13,17H,8-9H2,1-3H3;4-7,10,13H,8-9H2,1-3H3/t10-,11-,13+;10-,13+/m00/s1. The van der Waals surface area contributed by atoms with Crippen molar-refractivity contribution < 1.29 is 29.0 Å². The number of aliphatic hydroxyl groups excluding tert-OH is 1. The number of ketones is 1. The molecule has 2 aliphatic heterocycles. The molecule has 8 nitrogen and oxygen atoms in total. The molecule has 0 unspecified atom stereocenters. The van der Waals surface area contributed by atoms with Gasteiger partial charge < -0.3 is 24.4 Å². The van der Waals surface area contributed by atoms with Gasteiger partial charge in [0.15, 0.2) is 0 Å². The van der Waals surface area contributed by atoms with Gasteiger partial charge in [0.1, 0.15) is 17.3 Å². The molecule has 0 saturated carbocycles. The highest BCUT2D eigenvalue weighted by atomic mass is 16.5. The number of benzene rings is 2. The number of likely N-dealkylation sites (tertiary alicyclic amines) is 2. The molecule has 0 spiro atoms. The third-order valence-electron chi connectivity index (χ3n) is 7.74. The van der Waals surface area contributed by atoms with Crippen molar-refractivity contribution in [1.29, 1.82) is 0 Å². The van der Waals surface area contributed by atoms with Crippen LogP contribution in [0.1, 0.15) is 63.7 Å². The van der Waals surface area contributed by atoms with Gasteiger partial charge in [0.2, 0.25) is 11.8 Å². The fourth-order valence-corrected chi connectivity index (χ4v) is 4.96. The van der Waals surface area contributed by atoms with Crippen LogP contribution in [0, 0.1) is 11.8 Å². The van der Waals surface area contributed by atoms with Crippen molar-refractivity contribution in [2.45, 2.75) is 58.7 Å². The highest BCUT2D eigenvalue weighted by Gasteiger charge is 2.36. The summed E-state index contributed by atoms with van der Waals surface area (Å²) in [7, 11) is 3.26. The minimum absolute atomic E-state index is 0.0113. The van der Waals surface area contributed by atoms with Gasteiger partial charge in [-0.2, -0.15) is 0 Å². The van der Waals surface area contributed by atoms with E-state index in [1.165, 1.54) is 0 Å². The van der Waals surface area contributed by atoms with Gasteiger partial charge in [-0.05, 0) is 63.1 Å². The number of hydrogen-bond donors (Lipinski definition) is 1. The maximum absolute atomic E-state index is 12.0. The normalized spacial score (nSPS) is 21.4. The van der Waals surface area contributed by atoms with Crippen molar-refractivity contribution >= 4 is 17.6 Å². The summed E-state index contributed by atoms with van der Waals surface area (Å²) < 4.78 is 10.2. The van der Waals surface area contributed by atoms with Gasteiger partial charge in [0, 0.05) is 37.8 Å². The number of methoxy groups -OCH3 is 2. The van der Waals surface area contributed by atoms with Crippen molar-refractivity contribution in [1.82, 2.24) is 9.80 Å². The molecule has 2 aromatic carbocycles. The van der Waals surface area contributed by atoms with E-state index < -0.39 is 6.10 Å². The molecule has 2 aromatic rings. The third-order valence-corrected chi connectivity index (χ3v) is 7.74. The molecule has 0 radical (unpaired) electrons. The molecule has 8 heteroatoms. The second-order valence-electron chi connectivity index (χ2n) is 10.2. The molecule has 2 fully saturated rings. The molecule has 0 aromatic heterocycles. The zero-order chi connectivity index (χ0) is 28.0. The Bertz CT molecular complexity index is 1100. The average molecular weight is 525 g/mol. The van der Waals surface area contributed by atoms with E-state index in [9.17, 15) is 19.5 Å². The minimum Gasteiger partial charge on any atom is -0.497 e. The lowest BCUT2D eigenvalue weighted by molar-refractivity contribution is -0.130. The fourth-order valence-electron chi connectivity index (χ4n) is 4.96. The average Bonchev–Trinajstić information content (AvgIpc) is 3.51. The zero-order valence-corrected chi connectivity index (χ0v) is 23.2. The molecule has 0 aliphatic carbocycles. The Morgan fingerprint density at radius 1 is 0.789 bits per heavy atom. The van der Waals surface area contributed by atoms with Gasteiger partial charge >= 0.3 is 0 Å². The molecule has 2 aliphatic rings. The number of Topliss-reactive ketones (excluding diaryl/α,β-unsaturated/α-hetero) is 1. The van der Waals surface area contributed by atoms with E-state index in [4.69, 9.17) is 9.47 Å². The molecule has 2 heterocycles. The Labute approximate surface area is 225 Å². The highest BCUT2D eigenvalue weighted by Crippen LogP contribution is 2.31. The summed E-state index contributed by atoms with van der Waals surface area (Å²) >= 11 is 0. The highest BCUT2D eigenvalue weighted by molar-refractivity contribution is 5.89. The van der Waals surface area contributed by atoms with E-state index in [1.807, 2.05) is 67.3 Å². The fraction of sp³-hybridized carbons (Fsp3) is 0.500. The van der Waals surface area contributed by atoms with Crippen LogP contribution in [0.4, 0.5) is 0 Å². The maximum Gasteiger partial charge on any atom is 0.223 e. The van der Waals surface area contributed by atoms with Crippen molar-refractivity contribution in [3.05, 3.63) is 59.7 Å². The Balaban J connectivity index is 0.000000211. The van der Waals surface area contributed by atoms with Crippen LogP contribution in [-0.2, 0) is 14.4 Å². The van der Waals surface area contributed by atoms with Gasteiger partial charge in [0.25, 0.3) is 0 Å². The Kier molecular flexibility index (Phi) is 9.91. The molecule has 1 N–H and O–H groups in total. The molecule has 0 bridgehead atoms. The van der Waals surface area contributed by atoms with Crippen LogP contribution in [0.3, 0.4) is 0 Å². The van der Waals surface area contributed by atoms with Crippen LogP contribution in [0.2, 0.25) is 0 Å². The summed E-state index contributed by atoms with van der Waals surface area (Å²) in [5.41, 5.74) is 2.14. The summed E-state index contributed by atoms with van der Waals surface area (Å²) in [5.74, 6) is 1.78. The lowest BCUT2D eigenvalue weighted by atomic mass is 10.0. The SMILES string of the molecule is COc1ccc([C@H](C)N2C[C@H](C(C)=O)CC2=O)cc1.COc1ccc([C@H](C)N2C[C@H]([C@H](C)O)CC2=O)cc1. The molecule has 2 amide bonds. The number of carbonyl (C=O) groups is 3. The predicted molar refractivity (Wildman–Crippen MR) is 145 cm³/mol. The van der Waals surface area contributed by atoms with Gasteiger partial charge in [-0.25, -0.2) is 0 Å². The number of hydrogen-bond acceptors (Lipinski definition) is 6. The molecule has 38 heavy (non-hydrogen) atoms. The van der Waals surface area contributed by atoms with Crippen molar-refractivity contribution in [3.8, 4) is 11.5 Å².